The molecule has 0 aromatic heterocycles. The van der Waals surface area contributed by atoms with Crippen LogP contribution in [0.5, 0.6) is 0 Å². The molecular weight excluding hydrogens is 116 g/mol. The Morgan fingerprint density at radius 2 is 1.56 bits per heavy atom. The molecule has 0 heterocycles. The van der Waals surface area contributed by atoms with E-state index in [2.05, 4.69) is 6.92 Å². The van der Waals surface area contributed by atoms with Gasteiger partial charge in [-0.2, -0.15) is 0 Å². The van der Waals surface area contributed by atoms with Gasteiger partial charge in [-0.3, -0.25) is 0 Å². The van der Waals surface area contributed by atoms with Crippen molar-refractivity contribution in [2.24, 2.45) is 0 Å². The SMILES string of the molecule is C.C.CCCOC.CO. The van der Waals surface area contributed by atoms with Gasteiger partial charge in [-0.25, -0.2) is 0 Å². The van der Waals surface area contributed by atoms with Crippen LogP contribution in [0, 0.1) is 0 Å². The molecule has 0 aromatic carbocycles. The van der Waals surface area contributed by atoms with E-state index in [9.17, 15) is 0 Å². The van der Waals surface area contributed by atoms with Gasteiger partial charge in [0.2, 0.25) is 0 Å². The summed E-state index contributed by atoms with van der Waals surface area (Å²) in [6.45, 7) is 2.98. The van der Waals surface area contributed by atoms with Crippen molar-refractivity contribution in [3.63, 3.8) is 0 Å². The number of ether oxygens (including phenoxy) is 1. The van der Waals surface area contributed by atoms with Crippen LogP contribution < -0.4 is 0 Å². The lowest BCUT2D eigenvalue weighted by molar-refractivity contribution is 0.199. The van der Waals surface area contributed by atoms with Crippen molar-refractivity contribution in [3.05, 3.63) is 0 Å². The fourth-order valence-electron chi connectivity index (χ4n) is 0.204. The van der Waals surface area contributed by atoms with Gasteiger partial charge >= 0.3 is 0 Å². The van der Waals surface area contributed by atoms with E-state index in [-0.39, 0.29) is 14.9 Å². The summed E-state index contributed by atoms with van der Waals surface area (Å²) in [4.78, 5) is 0. The summed E-state index contributed by atoms with van der Waals surface area (Å²) in [5.74, 6) is 0. The summed E-state index contributed by atoms with van der Waals surface area (Å²) in [5, 5.41) is 7.00. The number of aliphatic hydroxyl groups excluding tert-OH is 1. The van der Waals surface area contributed by atoms with Gasteiger partial charge in [-0.05, 0) is 6.42 Å². The predicted octanol–water partition coefficient (Wildman–Crippen LogP) is 1.92. The highest BCUT2D eigenvalue weighted by molar-refractivity contribution is 4.15. The molecule has 0 rings (SSSR count). The Morgan fingerprint density at radius 3 is 1.56 bits per heavy atom. The molecule has 9 heavy (non-hydrogen) atoms. The van der Waals surface area contributed by atoms with Crippen molar-refractivity contribution in [2.75, 3.05) is 20.8 Å². The first kappa shape index (κ1) is 23.1. The number of methoxy groups -OCH3 is 1. The highest BCUT2D eigenvalue weighted by atomic mass is 16.5. The lowest BCUT2D eigenvalue weighted by atomic mass is 10.5. The van der Waals surface area contributed by atoms with Gasteiger partial charge in [0.25, 0.3) is 0 Å². The van der Waals surface area contributed by atoms with Gasteiger partial charge in [0.1, 0.15) is 0 Å². The number of aliphatic hydroxyl groups is 1. The summed E-state index contributed by atoms with van der Waals surface area (Å²) in [6, 6.07) is 0. The van der Waals surface area contributed by atoms with Crippen LogP contribution in [-0.2, 0) is 4.74 Å². The zero-order chi connectivity index (χ0) is 6.12. The van der Waals surface area contributed by atoms with Gasteiger partial charge in [0, 0.05) is 20.8 Å². The second kappa shape index (κ2) is 44.5. The third-order valence-corrected chi connectivity index (χ3v) is 0.408. The van der Waals surface area contributed by atoms with Crippen LogP contribution >= 0.6 is 0 Å². The van der Waals surface area contributed by atoms with Crippen LogP contribution in [0.3, 0.4) is 0 Å². The van der Waals surface area contributed by atoms with Crippen LogP contribution in [0.1, 0.15) is 28.2 Å². The Kier molecular flexibility index (Phi) is 114. The monoisotopic (exact) mass is 138 g/mol. The van der Waals surface area contributed by atoms with Gasteiger partial charge in [0.05, 0.1) is 0 Å². The highest BCUT2D eigenvalue weighted by Crippen LogP contribution is 1.70. The normalized spacial score (nSPS) is 5.33. The standard InChI is InChI=1S/C4H10O.CH4O.2CH4/c1-3-4-5-2;1-2;;/h3-4H2,1-2H3;2H,1H3;2*1H4. The average Bonchev–Trinajstić information content (AvgIpc) is 1.75. The van der Waals surface area contributed by atoms with Gasteiger partial charge < -0.3 is 9.84 Å². The molecule has 0 aliphatic carbocycles. The van der Waals surface area contributed by atoms with Crippen LogP contribution in [0.25, 0.3) is 0 Å². The minimum atomic E-state index is 0. The molecule has 0 amide bonds. The topological polar surface area (TPSA) is 29.5 Å². The van der Waals surface area contributed by atoms with E-state index < -0.39 is 0 Å². The van der Waals surface area contributed by atoms with Crippen molar-refractivity contribution in [2.45, 2.75) is 28.2 Å². The number of hydrogen-bond acceptors (Lipinski definition) is 2. The second-order valence-electron chi connectivity index (χ2n) is 0.993. The van der Waals surface area contributed by atoms with Gasteiger partial charge in [-0.1, -0.05) is 21.8 Å². The molecule has 0 saturated heterocycles. The molecule has 0 bridgehead atoms. The van der Waals surface area contributed by atoms with Crippen molar-refractivity contribution in [1.29, 1.82) is 0 Å². The molecule has 0 atom stereocenters. The predicted molar refractivity (Wildman–Crippen MR) is 43.8 cm³/mol. The maximum absolute atomic E-state index is 7.00. The van der Waals surface area contributed by atoms with Crippen molar-refractivity contribution < 1.29 is 9.84 Å². The second-order valence-corrected chi connectivity index (χ2v) is 0.993. The third-order valence-electron chi connectivity index (χ3n) is 0.408. The Bertz CT molecular complexity index is 14.4. The summed E-state index contributed by atoms with van der Waals surface area (Å²) >= 11 is 0. The van der Waals surface area contributed by atoms with E-state index in [1.54, 1.807) is 7.11 Å². The van der Waals surface area contributed by atoms with Crippen LogP contribution in [0.4, 0.5) is 0 Å². The maximum atomic E-state index is 7.00. The average molecular weight is 138 g/mol. The third kappa shape index (κ3) is 75.3. The van der Waals surface area contributed by atoms with E-state index >= 15 is 0 Å². The summed E-state index contributed by atoms with van der Waals surface area (Å²) in [5.41, 5.74) is 0. The molecule has 2 nitrogen and oxygen atoms in total. The zero-order valence-corrected chi connectivity index (χ0v) is 5.27. The summed E-state index contributed by atoms with van der Waals surface area (Å²) < 4.78 is 4.69. The van der Waals surface area contributed by atoms with Crippen LogP contribution in [-0.4, -0.2) is 25.9 Å². The Labute approximate surface area is 59.9 Å². The molecule has 1 N–H and O–H groups in total. The lowest BCUT2D eigenvalue weighted by Crippen LogP contribution is -1.80. The molecule has 2 heteroatoms. The Hall–Kier alpha value is -0.0800. The first-order chi connectivity index (χ1) is 3.41. The lowest BCUT2D eigenvalue weighted by Gasteiger charge is -1.84. The first-order valence-electron chi connectivity index (χ1n) is 2.35. The number of rotatable bonds is 2. The van der Waals surface area contributed by atoms with E-state index in [4.69, 9.17) is 9.84 Å². The molecule has 62 valence electrons. The molecule has 0 aliphatic heterocycles. The molecule has 0 spiro atoms. The minimum absolute atomic E-state index is 0. The fraction of sp³-hybridized carbons (Fsp3) is 1.00. The summed E-state index contributed by atoms with van der Waals surface area (Å²) in [7, 11) is 2.71. The molecule has 0 fully saturated rings. The van der Waals surface area contributed by atoms with E-state index in [0.717, 1.165) is 20.1 Å². The Balaban J connectivity index is -0.0000000286. The van der Waals surface area contributed by atoms with Crippen LogP contribution in [0.15, 0.2) is 0 Å². The quantitative estimate of drug-likeness (QED) is 0.631. The first-order valence-corrected chi connectivity index (χ1v) is 2.35. The smallest absolute Gasteiger partial charge is 0.0459 e. The maximum Gasteiger partial charge on any atom is 0.0459 e. The summed E-state index contributed by atoms with van der Waals surface area (Å²) in [6.07, 6.45) is 1.12. The molecule has 0 radical (unpaired) electrons. The van der Waals surface area contributed by atoms with E-state index in [1.807, 2.05) is 0 Å². The highest BCUT2D eigenvalue weighted by Gasteiger charge is 1.66. The fourth-order valence-corrected chi connectivity index (χ4v) is 0.204. The van der Waals surface area contributed by atoms with E-state index in [1.165, 1.54) is 0 Å². The zero-order valence-electron chi connectivity index (χ0n) is 5.27. The minimum Gasteiger partial charge on any atom is -0.400 e. The largest absolute Gasteiger partial charge is 0.400 e. The van der Waals surface area contributed by atoms with Crippen LogP contribution in [0.2, 0.25) is 0 Å². The molecule has 0 aromatic rings. The van der Waals surface area contributed by atoms with E-state index in [0.29, 0.717) is 0 Å². The molecule has 0 saturated carbocycles. The molecule has 0 unspecified atom stereocenters. The van der Waals surface area contributed by atoms with Crippen molar-refractivity contribution >= 4 is 0 Å². The molecule has 0 aliphatic rings. The van der Waals surface area contributed by atoms with Crippen molar-refractivity contribution in [3.8, 4) is 0 Å². The van der Waals surface area contributed by atoms with Gasteiger partial charge in [0.15, 0.2) is 0 Å². The Morgan fingerprint density at radius 1 is 1.22 bits per heavy atom. The number of hydrogen-bond donors (Lipinski definition) is 1. The van der Waals surface area contributed by atoms with Gasteiger partial charge in [-0.15, -0.1) is 0 Å². The van der Waals surface area contributed by atoms with Crippen molar-refractivity contribution in [1.82, 2.24) is 0 Å². The molecular formula is C7H22O2.